The van der Waals surface area contributed by atoms with E-state index in [1.807, 2.05) is 0 Å². The summed E-state index contributed by atoms with van der Waals surface area (Å²) in [6.45, 7) is 2.34. The Kier molecular flexibility index (Phi) is 7.83. The van der Waals surface area contributed by atoms with Crippen molar-refractivity contribution in [2.45, 2.75) is 19.9 Å². The monoisotopic (exact) mass is 438 g/mol. The van der Waals surface area contributed by atoms with E-state index in [0.717, 1.165) is 6.07 Å². The molecule has 2 aromatic carbocycles. The Bertz CT molecular complexity index is 1000. The third-order valence-electron chi connectivity index (χ3n) is 4.02. The molecule has 0 aromatic heterocycles. The molecule has 0 saturated carbocycles. The van der Waals surface area contributed by atoms with Gasteiger partial charge in [0.2, 0.25) is 17.7 Å². The molecular formula is C20H21F3N4O4. The van der Waals surface area contributed by atoms with Crippen molar-refractivity contribution in [1.82, 2.24) is 5.32 Å². The Morgan fingerprint density at radius 2 is 1.71 bits per heavy atom. The summed E-state index contributed by atoms with van der Waals surface area (Å²) >= 11 is 0. The lowest BCUT2D eigenvalue weighted by Crippen LogP contribution is -2.41. The van der Waals surface area contributed by atoms with Crippen LogP contribution in [0.1, 0.15) is 13.8 Å². The molecule has 0 unspecified atom stereocenters. The molecule has 0 aliphatic heterocycles. The van der Waals surface area contributed by atoms with E-state index in [9.17, 15) is 27.6 Å². The second-order valence-corrected chi connectivity index (χ2v) is 6.45. The first-order valence-corrected chi connectivity index (χ1v) is 9.05. The van der Waals surface area contributed by atoms with Crippen molar-refractivity contribution in [3.63, 3.8) is 0 Å². The van der Waals surface area contributed by atoms with Gasteiger partial charge in [-0.15, -0.1) is 0 Å². The quantitative estimate of drug-likeness (QED) is 0.474. The maximum atomic E-state index is 13.6. The Labute approximate surface area is 176 Å². The summed E-state index contributed by atoms with van der Waals surface area (Å²) in [5.41, 5.74) is 0.352. The maximum absolute atomic E-state index is 13.6. The highest BCUT2D eigenvalue weighted by Gasteiger charge is 2.18. The number of carbonyl (C=O) groups excluding carboxylic acids is 3. The van der Waals surface area contributed by atoms with Gasteiger partial charge in [-0.3, -0.25) is 14.4 Å². The Hall–Kier alpha value is -3.76. The Balaban J connectivity index is 1.96. The SMILES string of the molecule is COc1ccc(NC(C)=O)cc1N[C@@H](C)C(=O)NCC(=O)Nc1ccc(F)c(F)c1F. The molecule has 0 fully saturated rings. The van der Waals surface area contributed by atoms with E-state index < -0.39 is 47.5 Å². The summed E-state index contributed by atoms with van der Waals surface area (Å²) in [6.07, 6.45) is 0. The maximum Gasteiger partial charge on any atom is 0.243 e. The van der Waals surface area contributed by atoms with Gasteiger partial charge in [0.15, 0.2) is 17.5 Å². The van der Waals surface area contributed by atoms with Gasteiger partial charge >= 0.3 is 0 Å². The average Bonchev–Trinajstić information content (AvgIpc) is 2.72. The van der Waals surface area contributed by atoms with Crippen molar-refractivity contribution in [1.29, 1.82) is 0 Å². The predicted molar refractivity (Wildman–Crippen MR) is 108 cm³/mol. The number of ether oxygens (including phenoxy) is 1. The molecule has 0 radical (unpaired) electrons. The van der Waals surface area contributed by atoms with Gasteiger partial charge in [0.25, 0.3) is 0 Å². The first kappa shape index (κ1) is 23.5. The van der Waals surface area contributed by atoms with Crippen LogP contribution < -0.4 is 26.0 Å². The van der Waals surface area contributed by atoms with E-state index in [0.29, 0.717) is 23.2 Å². The van der Waals surface area contributed by atoms with Crippen molar-refractivity contribution < 1.29 is 32.3 Å². The summed E-state index contributed by atoms with van der Waals surface area (Å²) in [4.78, 5) is 35.4. The number of nitrogens with one attached hydrogen (secondary N) is 4. The smallest absolute Gasteiger partial charge is 0.243 e. The lowest BCUT2D eigenvalue weighted by molar-refractivity contribution is -0.124. The number of halogens is 3. The topological polar surface area (TPSA) is 109 Å². The zero-order valence-corrected chi connectivity index (χ0v) is 16.9. The minimum Gasteiger partial charge on any atom is -0.495 e. The van der Waals surface area contributed by atoms with E-state index >= 15 is 0 Å². The van der Waals surface area contributed by atoms with Crippen LogP contribution in [0.25, 0.3) is 0 Å². The molecule has 31 heavy (non-hydrogen) atoms. The average molecular weight is 438 g/mol. The first-order valence-electron chi connectivity index (χ1n) is 9.05. The lowest BCUT2D eigenvalue weighted by Gasteiger charge is -2.18. The summed E-state index contributed by atoms with van der Waals surface area (Å²) in [5.74, 6) is -5.91. The van der Waals surface area contributed by atoms with Gasteiger partial charge in [-0.25, -0.2) is 13.2 Å². The number of methoxy groups -OCH3 is 1. The summed E-state index contributed by atoms with van der Waals surface area (Å²) in [5, 5.41) is 9.89. The van der Waals surface area contributed by atoms with Crippen LogP contribution in [-0.4, -0.2) is 37.4 Å². The molecule has 11 heteroatoms. The molecule has 0 aliphatic rings. The van der Waals surface area contributed by atoms with Crippen LogP contribution in [0.2, 0.25) is 0 Å². The van der Waals surface area contributed by atoms with Gasteiger partial charge in [0, 0.05) is 12.6 Å². The van der Waals surface area contributed by atoms with Crippen LogP contribution in [0.5, 0.6) is 5.75 Å². The van der Waals surface area contributed by atoms with Crippen LogP contribution in [0.4, 0.5) is 30.2 Å². The Morgan fingerprint density at radius 1 is 1.00 bits per heavy atom. The van der Waals surface area contributed by atoms with Gasteiger partial charge in [-0.05, 0) is 37.3 Å². The molecule has 4 N–H and O–H groups in total. The summed E-state index contributed by atoms with van der Waals surface area (Å²) in [7, 11) is 1.44. The molecule has 8 nitrogen and oxygen atoms in total. The minimum absolute atomic E-state index is 0.273. The van der Waals surface area contributed by atoms with Crippen LogP contribution in [-0.2, 0) is 14.4 Å². The number of carbonyl (C=O) groups is 3. The van der Waals surface area contributed by atoms with E-state index in [4.69, 9.17) is 4.74 Å². The highest BCUT2D eigenvalue weighted by atomic mass is 19.2. The fraction of sp³-hybridized carbons (Fsp3) is 0.250. The molecule has 2 aromatic rings. The first-order chi connectivity index (χ1) is 14.6. The van der Waals surface area contributed by atoms with Gasteiger partial charge in [-0.1, -0.05) is 0 Å². The van der Waals surface area contributed by atoms with Crippen molar-refractivity contribution in [2.75, 3.05) is 29.6 Å². The molecule has 0 saturated heterocycles. The number of hydrogen-bond donors (Lipinski definition) is 4. The van der Waals surface area contributed by atoms with E-state index in [2.05, 4.69) is 21.3 Å². The highest BCUT2D eigenvalue weighted by molar-refractivity contribution is 5.96. The molecule has 1 atom stereocenters. The van der Waals surface area contributed by atoms with Gasteiger partial charge in [0.1, 0.15) is 11.8 Å². The van der Waals surface area contributed by atoms with E-state index in [1.165, 1.54) is 21.0 Å². The van der Waals surface area contributed by atoms with Crippen LogP contribution in [0.15, 0.2) is 30.3 Å². The summed E-state index contributed by atoms with van der Waals surface area (Å²) in [6, 6.07) is 5.50. The number of amides is 3. The minimum atomic E-state index is -1.71. The zero-order valence-electron chi connectivity index (χ0n) is 16.9. The molecule has 166 valence electrons. The second-order valence-electron chi connectivity index (χ2n) is 6.45. The van der Waals surface area contributed by atoms with Crippen molar-refractivity contribution >= 4 is 34.8 Å². The number of benzene rings is 2. The third kappa shape index (κ3) is 6.36. The van der Waals surface area contributed by atoms with Gasteiger partial charge in [0.05, 0.1) is 25.0 Å². The molecule has 2 rings (SSSR count). The largest absolute Gasteiger partial charge is 0.495 e. The number of hydrogen-bond acceptors (Lipinski definition) is 5. The van der Waals surface area contributed by atoms with E-state index in [-0.39, 0.29) is 5.91 Å². The van der Waals surface area contributed by atoms with Crippen molar-refractivity contribution in [3.8, 4) is 5.75 Å². The normalized spacial score (nSPS) is 11.3. The van der Waals surface area contributed by atoms with E-state index in [1.54, 1.807) is 18.2 Å². The fourth-order valence-corrected chi connectivity index (χ4v) is 2.54. The molecule has 0 heterocycles. The van der Waals surface area contributed by atoms with Crippen LogP contribution in [0, 0.1) is 17.5 Å². The number of rotatable bonds is 8. The van der Waals surface area contributed by atoms with Crippen LogP contribution >= 0.6 is 0 Å². The van der Waals surface area contributed by atoms with Gasteiger partial charge in [-0.2, -0.15) is 0 Å². The van der Waals surface area contributed by atoms with Crippen molar-refractivity contribution in [3.05, 3.63) is 47.8 Å². The van der Waals surface area contributed by atoms with Gasteiger partial charge < -0.3 is 26.0 Å². The third-order valence-corrected chi connectivity index (χ3v) is 4.02. The molecule has 0 bridgehead atoms. The lowest BCUT2D eigenvalue weighted by atomic mass is 10.2. The highest BCUT2D eigenvalue weighted by Crippen LogP contribution is 2.28. The molecular weight excluding hydrogens is 417 g/mol. The van der Waals surface area contributed by atoms with Crippen LogP contribution in [0.3, 0.4) is 0 Å². The zero-order chi connectivity index (χ0) is 23.1. The fourth-order valence-electron chi connectivity index (χ4n) is 2.54. The Morgan fingerprint density at radius 3 is 2.35 bits per heavy atom. The molecule has 0 spiro atoms. The number of anilines is 3. The predicted octanol–water partition coefficient (Wildman–Crippen LogP) is 2.63. The molecule has 0 aliphatic carbocycles. The summed E-state index contributed by atoms with van der Waals surface area (Å²) < 4.78 is 45.0. The second kappa shape index (κ2) is 10.3. The molecule has 3 amide bonds. The van der Waals surface area contributed by atoms with Crippen molar-refractivity contribution in [2.24, 2.45) is 0 Å². The standard InChI is InChI=1S/C20H21F3N4O4/c1-10(25-15-8-12(26-11(2)28)4-7-16(15)31-3)20(30)24-9-17(29)27-14-6-5-13(21)18(22)19(14)23/h4-8,10,25H,9H2,1-3H3,(H,24,30)(H,26,28)(H,27,29)/t10-/m0/s1.